The fourth-order valence-corrected chi connectivity index (χ4v) is 2.72. The third-order valence-electron chi connectivity index (χ3n) is 4.24. The zero-order valence-electron chi connectivity index (χ0n) is 16.5. The summed E-state index contributed by atoms with van der Waals surface area (Å²) in [5, 5.41) is 0. The van der Waals surface area contributed by atoms with Gasteiger partial charge in [-0.3, -0.25) is 0 Å². The monoisotopic (exact) mass is 368 g/mol. The number of carbonyl (C=O) groups excluding carboxylic acids is 2. The molecular formula is C23H28O4. The lowest BCUT2D eigenvalue weighted by Crippen LogP contribution is -2.12. The minimum atomic E-state index is -0.488. The Morgan fingerprint density at radius 2 is 1.56 bits per heavy atom. The lowest BCUT2D eigenvalue weighted by molar-refractivity contribution is 0.0494. The van der Waals surface area contributed by atoms with E-state index in [1.54, 1.807) is 24.3 Å². The second-order valence-electron chi connectivity index (χ2n) is 7.33. The van der Waals surface area contributed by atoms with Crippen LogP contribution in [0.5, 0.6) is 5.75 Å². The predicted octanol–water partition coefficient (Wildman–Crippen LogP) is 5.62. The molecule has 0 saturated carbocycles. The SMILES string of the molecule is CC(C)CCCOC(=O)c1cccc(C(=O)Oc2ccccc2C(C)C)c1. The molecule has 0 fully saturated rings. The van der Waals surface area contributed by atoms with Crippen molar-refractivity contribution in [2.24, 2.45) is 5.92 Å². The van der Waals surface area contributed by atoms with E-state index in [4.69, 9.17) is 9.47 Å². The Morgan fingerprint density at radius 1 is 0.889 bits per heavy atom. The van der Waals surface area contributed by atoms with Crippen LogP contribution in [-0.4, -0.2) is 18.5 Å². The summed E-state index contributed by atoms with van der Waals surface area (Å²) in [6, 6.07) is 13.9. The number of rotatable bonds is 8. The highest BCUT2D eigenvalue weighted by Crippen LogP contribution is 2.26. The maximum absolute atomic E-state index is 12.5. The maximum Gasteiger partial charge on any atom is 0.343 e. The van der Waals surface area contributed by atoms with E-state index in [-0.39, 0.29) is 5.92 Å². The first-order valence-electron chi connectivity index (χ1n) is 9.46. The van der Waals surface area contributed by atoms with E-state index in [0.717, 1.165) is 18.4 Å². The predicted molar refractivity (Wildman–Crippen MR) is 106 cm³/mol. The molecule has 0 bridgehead atoms. The average molecular weight is 368 g/mol. The fraction of sp³-hybridized carbons (Fsp3) is 0.391. The lowest BCUT2D eigenvalue weighted by Gasteiger charge is -2.12. The summed E-state index contributed by atoms with van der Waals surface area (Å²) in [5.41, 5.74) is 1.64. The molecule has 0 saturated heterocycles. The molecule has 0 amide bonds. The number of ether oxygens (including phenoxy) is 2. The van der Waals surface area contributed by atoms with Gasteiger partial charge in [0.25, 0.3) is 0 Å². The van der Waals surface area contributed by atoms with Crippen molar-refractivity contribution in [3.63, 3.8) is 0 Å². The first kappa shape index (κ1) is 20.7. The molecule has 144 valence electrons. The molecule has 0 atom stereocenters. The fourth-order valence-electron chi connectivity index (χ4n) is 2.72. The lowest BCUT2D eigenvalue weighted by atomic mass is 10.0. The first-order chi connectivity index (χ1) is 12.9. The van der Waals surface area contributed by atoms with Crippen LogP contribution >= 0.6 is 0 Å². The van der Waals surface area contributed by atoms with Crippen LogP contribution in [0.2, 0.25) is 0 Å². The van der Waals surface area contributed by atoms with Crippen molar-refractivity contribution in [1.29, 1.82) is 0 Å². The van der Waals surface area contributed by atoms with Crippen LogP contribution in [0.25, 0.3) is 0 Å². The van der Waals surface area contributed by atoms with E-state index in [1.165, 1.54) is 6.07 Å². The van der Waals surface area contributed by atoms with E-state index in [1.807, 2.05) is 32.0 Å². The van der Waals surface area contributed by atoms with Crippen molar-refractivity contribution in [2.75, 3.05) is 6.61 Å². The Kier molecular flexibility index (Phi) is 7.59. The van der Waals surface area contributed by atoms with Gasteiger partial charge >= 0.3 is 11.9 Å². The molecule has 0 radical (unpaired) electrons. The molecule has 0 aliphatic rings. The van der Waals surface area contributed by atoms with E-state index >= 15 is 0 Å². The Hall–Kier alpha value is -2.62. The van der Waals surface area contributed by atoms with E-state index in [0.29, 0.717) is 29.4 Å². The Morgan fingerprint density at radius 3 is 2.22 bits per heavy atom. The van der Waals surface area contributed by atoms with Gasteiger partial charge in [0.1, 0.15) is 5.75 Å². The summed E-state index contributed by atoms with van der Waals surface area (Å²) in [7, 11) is 0. The first-order valence-corrected chi connectivity index (χ1v) is 9.46. The van der Waals surface area contributed by atoms with Gasteiger partial charge in [-0.25, -0.2) is 9.59 Å². The average Bonchev–Trinajstić information content (AvgIpc) is 2.65. The summed E-state index contributed by atoms with van der Waals surface area (Å²) >= 11 is 0. The van der Waals surface area contributed by atoms with Gasteiger partial charge in [0.15, 0.2) is 0 Å². The van der Waals surface area contributed by atoms with Crippen LogP contribution in [0.1, 0.15) is 72.7 Å². The van der Waals surface area contributed by atoms with Crippen LogP contribution in [0.4, 0.5) is 0 Å². The number of hydrogen-bond acceptors (Lipinski definition) is 4. The summed E-state index contributed by atoms with van der Waals surface area (Å²) in [6.07, 6.45) is 1.84. The van der Waals surface area contributed by atoms with Crippen LogP contribution < -0.4 is 4.74 Å². The molecule has 0 aliphatic carbocycles. The van der Waals surface area contributed by atoms with Gasteiger partial charge in [-0.15, -0.1) is 0 Å². The van der Waals surface area contributed by atoms with Crippen LogP contribution in [-0.2, 0) is 4.74 Å². The largest absolute Gasteiger partial charge is 0.462 e. The van der Waals surface area contributed by atoms with Crippen molar-refractivity contribution in [1.82, 2.24) is 0 Å². The minimum absolute atomic E-state index is 0.237. The smallest absolute Gasteiger partial charge is 0.343 e. The van der Waals surface area contributed by atoms with Crippen molar-refractivity contribution in [3.05, 3.63) is 65.2 Å². The third-order valence-corrected chi connectivity index (χ3v) is 4.24. The number of para-hydroxylation sites is 1. The van der Waals surface area contributed by atoms with E-state index < -0.39 is 11.9 Å². The van der Waals surface area contributed by atoms with Gasteiger partial charge in [-0.05, 0) is 54.5 Å². The van der Waals surface area contributed by atoms with Crippen molar-refractivity contribution in [3.8, 4) is 5.75 Å². The van der Waals surface area contributed by atoms with Gasteiger partial charge in [0.05, 0.1) is 17.7 Å². The molecule has 2 aromatic rings. The van der Waals surface area contributed by atoms with Crippen molar-refractivity contribution >= 4 is 11.9 Å². The highest BCUT2D eigenvalue weighted by Gasteiger charge is 2.15. The minimum Gasteiger partial charge on any atom is -0.462 e. The number of benzene rings is 2. The molecule has 0 spiro atoms. The highest BCUT2D eigenvalue weighted by molar-refractivity contribution is 5.96. The molecule has 0 N–H and O–H groups in total. The molecule has 0 heterocycles. The Balaban J connectivity index is 2.04. The summed E-state index contributed by atoms with van der Waals surface area (Å²) in [6.45, 7) is 8.74. The summed E-state index contributed by atoms with van der Waals surface area (Å²) < 4.78 is 10.9. The quantitative estimate of drug-likeness (QED) is 0.345. The van der Waals surface area contributed by atoms with E-state index in [2.05, 4.69) is 13.8 Å². The van der Waals surface area contributed by atoms with Crippen LogP contribution in [0.15, 0.2) is 48.5 Å². The molecule has 2 aromatic carbocycles. The van der Waals surface area contributed by atoms with Crippen molar-refractivity contribution in [2.45, 2.75) is 46.5 Å². The number of esters is 2. The van der Waals surface area contributed by atoms with Gasteiger partial charge < -0.3 is 9.47 Å². The number of carbonyl (C=O) groups is 2. The topological polar surface area (TPSA) is 52.6 Å². The van der Waals surface area contributed by atoms with Crippen LogP contribution in [0, 0.1) is 5.92 Å². The second kappa shape index (κ2) is 9.91. The molecule has 2 rings (SSSR count). The van der Waals surface area contributed by atoms with Gasteiger partial charge in [0, 0.05) is 0 Å². The van der Waals surface area contributed by atoms with Gasteiger partial charge in [0.2, 0.25) is 0 Å². The van der Waals surface area contributed by atoms with Gasteiger partial charge in [-0.2, -0.15) is 0 Å². The summed E-state index contributed by atoms with van der Waals surface area (Å²) in [5.74, 6) is 0.448. The molecular weight excluding hydrogens is 340 g/mol. The maximum atomic E-state index is 12.5. The molecule has 4 heteroatoms. The molecule has 0 aliphatic heterocycles. The Labute approximate surface area is 161 Å². The molecule has 4 nitrogen and oxygen atoms in total. The standard InChI is InChI=1S/C23H28O4/c1-16(2)9-8-14-26-22(24)18-10-7-11-19(15-18)23(25)27-21-13-6-5-12-20(21)17(3)4/h5-7,10-13,15-17H,8-9,14H2,1-4H3. The van der Waals surface area contributed by atoms with Crippen molar-refractivity contribution < 1.29 is 19.1 Å². The number of hydrogen-bond donors (Lipinski definition) is 0. The Bertz CT molecular complexity index is 777. The zero-order chi connectivity index (χ0) is 19.8. The normalized spacial score (nSPS) is 10.9. The summed E-state index contributed by atoms with van der Waals surface area (Å²) in [4.78, 5) is 24.7. The molecule has 27 heavy (non-hydrogen) atoms. The van der Waals surface area contributed by atoms with E-state index in [9.17, 15) is 9.59 Å². The van der Waals surface area contributed by atoms with Gasteiger partial charge in [-0.1, -0.05) is 52.0 Å². The highest BCUT2D eigenvalue weighted by atomic mass is 16.5. The third kappa shape index (κ3) is 6.24. The molecule has 0 aromatic heterocycles. The zero-order valence-corrected chi connectivity index (χ0v) is 16.5. The molecule has 0 unspecified atom stereocenters. The van der Waals surface area contributed by atoms with Crippen LogP contribution in [0.3, 0.4) is 0 Å². The second-order valence-corrected chi connectivity index (χ2v) is 7.33.